The van der Waals surface area contributed by atoms with Crippen LogP contribution >= 0.6 is 27.5 Å². The van der Waals surface area contributed by atoms with Crippen LogP contribution in [0.15, 0.2) is 16.6 Å². The van der Waals surface area contributed by atoms with Crippen LogP contribution in [0.1, 0.15) is 28.7 Å². The van der Waals surface area contributed by atoms with Crippen molar-refractivity contribution in [2.75, 3.05) is 0 Å². The van der Waals surface area contributed by atoms with Crippen molar-refractivity contribution in [1.29, 1.82) is 0 Å². The minimum atomic E-state index is -1.09. The van der Waals surface area contributed by atoms with Crippen LogP contribution in [-0.2, 0) is 6.42 Å². The van der Waals surface area contributed by atoms with Crippen LogP contribution in [0.4, 0.5) is 0 Å². The highest BCUT2D eigenvalue weighted by Gasteiger charge is 2.20. The number of hydrogen-bond donors (Lipinski definition) is 1. The Morgan fingerprint density at radius 2 is 2.21 bits per heavy atom. The highest BCUT2D eigenvalue weighted by atomic mass is 79.9. The molecular weight excluding hydrogens is 334 g/mol. The molecule has 19 heavy (non-hydrogen) atoms. The van der Waals surface area contributed by atoms with E-state index in [1.807, 2.05) is 19.9 Å². The van der Waals surface area contributed by atoms with Crippen molar-refractivity contribution >= 4 is 33.5 Å². The predicted molar refractivity (Wildman–Crippen MR) is 75.1 cm³/mol. The van der Waals surface area contributed by atoms with Gasteiger partial charge in [0.2, 0.25) is 0 Å². The van der Waals surface area contributed by atoms with Crippen LogP contribution in [0, 0.1) is 6.92 Å². The van der Waals surface area contributed by atoms with Crippen LogP contribution in [-0.4, -0.2) is 26.1 Å². The molecule has 1 N–H and O–H groups in total. The van der Waals surface area contributed by atoms with Crippen molar-refractivity contribution in [3.8, 4) is 5.69 Å². The summed E-state index contributed by atoms with van der Waals surface area (Å²) in [6, 6.07) is 3.60. The number of benzene rings is 1. The van der Waals surface area contributed by atoms with E-state index in [2.05, 4.69) is 26.2 Å². The minimum Gasteiger partial charge on any atom is -0.476 e. The lowest BCUT2D eigenvalue weighted by atomic mass is 10.2. The summed E-state index contributed by atoms with van der Waals surface area (Å²) in [6.07, 6.45) is 0.507. The van der Waals surface area contributed by atoms with Crippen molar-refractivity contribution in [2.24, 2.45) is 0 Å². The Labute approximate surface area is 123 Å². The lowest BCUT2D eigenvalue weighted by Crippen LogP contribution is -2.06. The standard InChI is InChI=1S/C12H11BrClN3O2/c1-3-9-11(12(18)19)15-16-17(9)10-5-8(14)6(2)4-7(10)13/h4-5H,3H2,1-2H3,(H,18,19). The fourth-order valence-electron chi connectivity index (χ4n) is 1.78. The quantitative estimate of drug-likeness (QED) is 0.928. The molecule has 1 aromatic carbocycles. The number of rotatable bonds is 3. The van der Waals surface area contributed by atoms with Crippen LogP contribution < -0.4 is 0 Å². The van der Waals surface area contributed by atoms with Gasteiger partial charge in [-0.1, -0.05) is 23.7 Å². The van der Waals surface area contributed by atoms with Gasteiger partial charge in [0.1, 0.15) is 0 Å². The zero-order chi connectivity index (χ0) is 14.2. The number of carboxylic acids is 1. The van der Waals surface area contributed by atoms with Crippen molar-refractivity contribution in [2.45, 2.75) is 20.3 Å². The molecule has 0 aliphatic heterocycles. The van der Waals surface area contributed by atoms with E-state index in [1.54, 1.807) is 6.07 Å². The molecule has 0 atom stereocenters. The number of hydrogen-bond acceptors (Lipinski definition) is 3. The first-order valence-corrected chi connectivity index (χ1v) is 6.76. The maximum atomic E-state index is 11.1. The first-order chi connectivity index (χ1) is 8.95. The molecular formula is C12H11BrClN3O2. The molecule has 2 aromatic rings. The predicted octanol–water partition coefficient (Wildman–Crippen LogP) is 3.25. The number of aromatic nitrogens is 3. The summed E-state index contributed by atoms with van der Waals surface area (Å²) in [6.45, 7) is 3.74. The van der Waals surface area contributed by atoms with Gasteiger partial charge in [0.05, 0.1) is 11.4 Å². The number of halogens is 2. The van der Waals surface area contributed by atoms with Gasteiger partial charge in [-0.3, -0.25) is 0 Å². The Balaban J connectivity index is 2.66. The molecule has 7 heteroatoms. The van der Waals surface area contributed by atoms with E-state index in [0.717, 1.165) is 10.0 Å². The Morgan fingerprint density at radius 3 is 2.79 bits per heavy atom. The summed E-state index contributed by atoms with van der Waals surface area (Å²) in [7, 11) is 0. The molecule has 0 fully saturated rings. The molecule has 1 heterocycles. The summed E-state index contributed by atoms with van der Waals surface area (Å²) in [5.74, 6) is -1.09. The van der Waals surface area contributed by atoms with Crippen LogP contribution in [0.2, 0.25) is 5.02 Å². The molecule has 0 saturated carbocycles. The highest BCUT2D eigenvalue weighted by Crippen LogP contribution is 2.28. The maximum Gasteiger partial charge on any atom is 0.358 e. The first kappa shape index (κ1) is 14.0. The van der Waals surface area contributed by atoms with E-state index >= 15 is 0 Å². The second-order valence-electron chi connectivity index (χ2n) is 4.01. The van der Waals surface area contributed by atoms with Gasteiger partial charge in [0.15, 0.2) is 5.69 Å². The van der Waals surface area contributed by atoms with Gasteiger partial charge in [-0.2, -0.15) is 0 Å². The lowest BCUT2D eigenvalue weighted by Gasteiger charge is -2.09. The van der Waals surface area contributed by atoms with E-state index in [0.29, 0.717) is 22.8 Å². The molecule has 0 spiro atoms. The fraction of sp³-hybridized carbons (Fsp3) is 0.250. The maximum absolute atomic E-state index is 11.1. The van der Waals surface area contributed by atoms with Gasteiger partial charge in [0, 0.05) is 9.50 Å². The highest BCUT2D eigenvalue weighted by molar-refractivity contribution is 9.10. The number of aromatic carboxylic acids is 1. The second-order valence-corrected chi connectivity index (χ2v) is 5.27. The van der Waals surface area contributed by atoms with E-state index in [4.69, 9.17) is 16.7 Å². The van der Waals surface area contributed by atoms with Crippen molar-refractivity contribution in [1.82, 2.24) is 15.0 Å². The normalized spacial score (nSPS) is 10.7. The Bertz CT molecular complexity index is 655. The molecule has 0 aliphatic carbocycles. The van der Waals surface area contributed by atoms with E-state index in [1.165, 1.54) is 4.68 Å². The molecule has 0 amide bonds. The van der Waals surface area contributed by atoms with Crippen LogP contribution in [0.5, 0.6) is 0 Å². The average molecular weight is 345 g/mol. The smallest absolute Gasteiger partial charge is 0.358 e. The molecule has 2 rings (SSSR count). The fourth-order valence-corrected chi connectivity index (χ4v) is 2.56. The van der Waals surface area contributed by atoms with Crippen LogP contribution in [0.3, 0.4) is 0 Å². The van der Waals surface area contributed by atoms with Crippen molar-refractivity contribution in [3.05, 3.63) is 38.6 Å². The third kappa shape index (κ3) is 2.50. The first-order valence-electron chi connectivity index (χ1n) is 5.59. The Hall–Kier alpha value is -1.40. The zero-order valence-electron chi connectivity index (χ0n) is 10.3. The SMILES string of the molecule is CCc1c(C(=O)O)nnn1-c1cc(Cl)c(C)cc1Br. The summed E-state index contributed by atoms with van der Waals surface area (Å²) in [5, 5.41) is 17.3. The average Bonchev–Trinajstić information content (AvgIpc) is 2.77. The minimum absolute atomic E-state index is 0.0360. The van der Waals surface area contributed by atoms with Gasteiger partial charge in [-0.25, -0.2) is 9.48 Å². The van der Waals surface area contributed by atoms with E-state index < -0.39 is 5.97 Å². The molecule has 0 saturated heterocycles. The molecule has 0 bridgehead atoms. The number of aryl methyl sites for hydroxylation is 1. The Kier molecular flexibility index (Phi) is 3.91. The summed E-state index contributed by atoms with van der Waals surface area (Å²) in [4.78, 5) is 11.1. The summed E-state index contributed by atoms with van der Waals surface area (Å²) < 4.78 is 2.28. The summed E-state index contributed by atoms with van der Waals surface area (Å²) >= 11 is 9.53. The molecule has 100 valence electrons. The third-order valence-corrected chi connectivity index (χ3v) is 3.80. The second kappa shape index (κ2) is 5.30. The lowest BCUT2D eigenvalue weighted by molar-refractivity contribution is 0.0689. The van der Waals surface area contributed by atoms with Crippen molar-refractivity contribution < 1.29 is 9.90 Å². The van der Waals surface area contributed by atoms with Crippen molar-refractivity contribution in [3.63, 3.8) is 0 Å². The van der Waals surface area contributed by atoms with Gasteiger partial charge in [0.25, 0.3) is 0 Å². The molecule has 1 aromatic heterocycles. The van der Waals surface area contributed by atoms with Gasteiger partial charge < -0.3 is 5.11 Å². The number of carboxylic acid groups (broad SMARTS) is 1. The largest absolute Gasteiger partial charge is 0.476 e. The number of nitrogens with zero attached hydrogens (tertiary/aromatic N) is 3. The van der Waals surface area contributed by atoms with Gasteiger partial charge >= 0.3 is 5.97 Å². The van der Waals surface area contributed by atoms with E-state index in [-0.39, 0.29) is 5.69 Å². The topological polar surface area (TPSA) is 68.0 Å². The third-order valence-electron chi connectivity index (χ3n) is 2.76. The molecule has 0 radical (unpaired) electrons. The Morgan fingerprint density at radius 1 is 1.53 bits per heavy atom. The van der Waals surface area contributed by atoms with Gasteiger partial charge in [-0.05, 0) is 47.0 Å². The molecule has 0 aliphatic rings. The molecule has 5 nitrogen and oxygen atoms in total. The monoisotopic (exact) mass is 343 g/mol. The summed E-state index contributed by atoms with van der Waals surface area (Å²) in [5.41, 5.74) is 2.10. The number of carbonyl (C=O) groups is 1. The van der Waals surface area contributed by atoms with Gasteiger partial charge in [-0.15, -0.1) is 5.10 Å². The van der Waals surface area contributed by atoms with Crippen LogP contribution in [0.25, 0.3) is 5.69 Å². The van der Waals surface area contributed by atoms with E-state index in [9.17, 15) is 4.79 Å². The zero-order valence-corrected chi connectivity index (χ0v) is 12.7. The molecule has 0 unspecified atom stereocenters.